The summed E-state index contributed by atoms with van der Waals surface area (Å²) in [5, 5.41) is 7.56. The zero-order valence-electron chi connectivity index (χ0n) is 19.6. The second-order valence-corrected chi connectivity index (χ2v) is 10.2. The lowest BCUT2D eigenvalue weighted by molar-refractivity contribution is 0.601. The van der Waals surface area contributed by atoms with Crippen LogP contribution in [-0.4, -0.2) is 23.8 Å². The number of fused-ring (bicyclic) bond motifs is 1. The Kier molecular flexibility index (Phi) is 6.03. The van der Waals surface area contributed by atoms with Crippen molar-refractivity contribution in [2.75, 3.05) is 4.72 Å². The quantitative estimate of drug-likeness (QED) is 0.214. The number of nitrogens with zero attached hydrogens (tertiary/aromatic N) is 2. The first kappa shape index (κ1) is 23.3. The van der Waals surface area contributed by atoms with Crippen LogP contribution in [0.5, 0.6) is 0 Å². The number of hydrogen-bond acceptors (Lipinski definition) is 4. The van der Waals surface area contributed by atoms with Gasteiger partial charge in [0, 0.05) is 17.8 Å². The first-order valence-corrected chi connectivity index (χ1v) is 12.9. The third kappa shape index (κ3) is 4.71. The number of nitrogen functional groups attached to an aromatic ring is 1. The molecule has 0 saturated heterocycles. The minimum atomic E-state index is -3.66. The van der Waals surface area contributed by atoms with Gasteiger partial charge in [-0.1, -0.05) is 60.7 Å². The van der Waals surface area contributed by atoms with Crippen molar-refractivity contribution in [1.82, 2.24) is 9.55 Å². The molecule has 0 atom stereocenters. The summed E-state index contributed by atoms with van der Waals surface area (Å²) in [6.07, 6.45) is 0. The van der Waals surface area contributed by atoms with Gasteiger partial charge in [-0.05, 0) is 60.0 Å². The van der Waals surface area contributed by atoms with Crippen LogP contribution in [0.2, 0.25) is 0 Å². The molecule has 0 bridgehead atoms. The number of benzene rings is 4. The van der Waals surface area contributed by atoms with Gasteiger partial charge in [-0.25, -0.2) is 13.4 Å². The Morgan fingerprint density at radius 3 is 2.36 bits per heavy atom. The van der Waals surface area contributed by atoms with Gasteiger partial charge in [-0.3, -0.25) is 10.1 Å². The van der Waals surface area contributed by atoms with Crippen LogP contribution in [0.1, 0.15) is 17.0 Å². The maximum absolute atomic E-state index is 12.7. The fraction of sp³-hybridized carbons (Fsp3) is 0.0714. The van der Waals surface area contributed by atoms with Gasteiger partial charge in [-0.15, -0.1) is 0 Å². The fourth-order valence-electron chi connectivity index (χ4n) is 4.20. The van der Waals surface area contributed by atoms with Gasteiger partial charge < -0.3 is 10.3 Å². The molecule has 0 radical (unpaired) electrons. The summed E-state index contributed by atoms with van der Waals surface area (Å²) in [6, 6.07) is 29.4. The summed E-state index contributed by atoms with van der Waals surface area (Å²) < 4.78 is 30.2. The predicted octanol–water partition coefficient (Wildman–Crippen LogP) is 5.14. The molecular weight excluding hydrogens is 470 g/mol. The van der Waals surface area contributed by atoms with Gasteiger partial charge in [0.25, 0.3) is 10.0 Å². The largest absolute Gasteiger partial charge is 0.384 e. The third-order valence-corrected chi connectivity index (χ3v) is 7.44. The number of sulfonamides is 1. The molecule has 0 aliphatic carbocycles. The molecule has 0 spiro atoms. The van der Waals surface area contributed by atoms with E-state index in [-0.39, 0.29) is 10.7 Å². The number of aromatic nitrogens is 2. The van der Waals surface area contributed by atoms with Gasteiger partial charge in [0.15, 0.2) is 0 Å². The normalized spacial score (nSPS) is 11.5. The molecule has 4 N–H and O–H groups in total. The molecule has 7 nitrogen and oxygen atoms in total. The zero-order chi connectivity index (χ0) is 25.3. The van der Waals surface area contributed by atoms with Crippen LogP contribution < -0.4 is 10.5 Å². The molecule has 5 aromatic rings. The Bertz CT molecular complexity index is 1670. The lowest BCUT2D eigenvalue weighted by Gasteiger charge is -2.11. The van der Waals surface area contributed by atoms with E-state index in [0.717, 1.165) is 33.5 Å². The minimum absolute atomic E-state index is 0.0447. The van der Waals surface area contributed by atoms with E-state index < -0.39 is 10.0 Å². The Morgan fingerprint density at radius 2 is 1.64 bits per heavy atom. The minimum Gasteiger partial charge on any atom is -0.384 e. The number of aryl methyl sites for hydroxylation is 1. The highest BCUT2D eigenvalue weighted by Crippen LogP contribution is 2.26. The predicted molar refractivity (Wildman–Crippen MR) is 144 cm³/mol. The third-order valence-electron chi connectivity index (χ3n) is 6.04. The van der Waals surface area contributed by atoms with Crippen LogP contribution in [0.15, 0.2) is 102 Å². The van der Waals surface area contributed by atoms with E-state index in [2.05, 4.69) is 9.29 Å². The molecule has 0 amide bonds. The van der Waals surface area contributed by atoms with Crippen LogP contribution in [0, 0.1) is 12.3 Å². The number of amidine groups is 1. The maximum Gasteiger partial charge on any atom is 0.261 e. The van der Waals surface area contributed by atoms with Gasteiger partial charge in [0.05, 0.1) is 15.9 Å². The van der Waals surface area contributed by atoms with E-state index in [4.69, 9.17) is 16.1 Å². The zero-order valence-corrected chi connectivity index (χ0v) is 20.5. The highest BCUT2D eigenvalue weighted by molar-refractivity contribution is 7.92. The summed E-state index contributed by atoms with van der Waals surface area (Å²) in [5.41, 5.74) is 11.6. The molecule has 0 fully saturated rings. The number of rotatable bonds is 7. The number of imidazole rings is 1. The smallest absolute Gasteiger partial charge is 0.261 e. The molecule has 0 saturated carbocycles. The monoisotopic (exact) mass is 495 g/mol. The Hall–Kier alpha value is -4.43. The van der Waals surface area contributed by atoms with Crippen molar-refractivity contribution in [2.45, 2.75) is 18.4 Å². The van der Waals surface area contributed by atoms with Crippen LogP contribution in [0.3, 0.4) is 0 Å². The van der Waals surface area contributed by atoms with E-state index in [0.29, 0.717) is 17.8 Å². The topological polar surface area (TPSA) is 114 Å². The maximum atomic E-state index is 12.7. The van der Waals surface area contributed by atoms with Gasteiger partial charge in [0.2, 0.25) is 0 Å². The van der Waals surface area contributed by atoms with E-state index in [1.54, 1.807) is 36.4 Å². The number of nitrogens with two attached hydrogens (primary N) is 1. The highest BCUT2D eigenvalue weighted by atomic mass is 32.2. The highest BCUT2D eigenvalue weighted by Gasteiger charge is 2.14. The summed E-state index contributed by atoms with van der Waals surface area (Å²) in [6.45, 7) is 2.51. The van der Waals surface area contributed by atoms with E-state index >= 15 is 0 Å². The molecule has 180 valence electrons. The Balaban J connectivity index is 1.41. The molecule has 0 unspecified atom stereocenters. The van der Waals surface area contributed by atoms with Gasteiger partial charge in [0.1, 0.15) is 11.7 Å². The van der Waals surface area contributed by atoms with Crippen molar-refractivity contribution >= 4 is 32.6 Å². The van der Waals surface area contributed by atoms with Crippen LogP contribution >= 0.6 is 0 Å². The second-order valence-electron chi connectivity index (χ2n) is 8.56. The van der Waals surface area contributed by atoms with Crippen LogP contribution in [-0.2, 0) is 16.6 Å². The summed E-state index contributed by atoms with van der Waals surface area (Å²) in [5.74, 6) is 0.910. The molecule has 0 aliphatic heterocycles. The molecule has 36 heavy (non-hydrogen) atoms. The molecule has 4 aromatic carbocycles. The lowest BCUT2D eigenvalue weighted by atomic mass is 10.0. The first-order chi connectivity index (χ1) is 17.3. The molecule has 8 heteroatoms. The lowest BCUT2D eigenvalue weighted by Crippen LogP contribution is -2.13. The first-order valence-electron chi connectivity index (χ1n) is 11.4. The molecule has 1 aromatic heterocycles. The van der Waals surface area contributed by atoms with Crippen LogP contribution in [0.25, 0.3) is 22.2 Å². The molecule has 1 heterocycles. The Labute approximate surface area is 209 Å². The number of nitrogens with one attached hydrogen (secondary N) is 2. The van der Waals surface area contributed by atoms with Crippen molar-refractivity contribution in [1.29, 1.82) is 5.41 Å². The number of anilines is 1. The fourth-order valence-corrected chi connectivity index (χ4v) is 5.27. The number of hydrogen-bond donors (Lipinski definition) is 3. The van der Waals surface area contributed by atoms with E-state index in [9.17, 15) is 8.42 Å². The molecule has 0 aliphatic rings. The molecule has 5 rings (SSSR count). The molecular formula is C28H25N5O2S. The summed E-state index contributed by atoms with van der Waals surface area (Å²) >= 11 is 0. The summed E-state index contributed by atoms with van der Waals surface area (Å²) in [4.78, 5) is 4.98. The summed E-state index contributed by atoms with van der Waals surface area (Å²) in [7, 11) is -3.66. The van der Waals surface area contributed by atoms with Crippen LogP contribution in [0.4, 0.5) is 5.69 Å². The average molecular weight is 496 g/mol. The van der Waals surface area contributed by atoms with Gasteiger partial charge >= 0.3 is 0 Å². The van der Waals surface area contributed by atoms with Crippen molar-refractivity contribution in [3.8, 4) is 11.1 Å². The van der Waals surface area contributed by atoms with E-state index in [1.807, 2.05) is 67.6 Å². The van der Waals surface area contributed by atoms with Crippen molar-refractivity contribution < 1.29 is 8.42 Å². The SMILES string of the molecule is Cc1nc2cc(-c3ccc(C(=N)N)cc3)ccc2n1Cc1cccc(NS(=O)(=O)c2ccccc2)c1. The Morgan fingerprint density at radius 1 is 0.917 bits per heavy atom. The van der Waals surface area contributed by atoms with E-state index in [1.165, 1.54) is 0 Å². The van der Waals surface area contributed by atoms with Crippen molar-refractivity contribution in [2.24, 2.45) is 5.73 Å². The van der Waals surface area contributed by atoms with Gasteiger partial charge in [-0.2, -0.15) is 0 Å². The average Bonchev–Trinajstić information content (AvgIpc) is 3.18. The standard InChI is InChI=1S/C28H25N5O2S/c1-19-31-26-17-23(21-10-12-22(13-11-21)28(29)30)14-15-27(26)33(19)18-20-6-5-7-24(16-20)32-36(34,35)25-8-3-2-4-9-25/h2-17,32H,18H2,1H3,(H3,29,30). The van der Waals surface area contributed by atoms with Crippen molar-refractivity contribution in [3.63, 3.8) is 0 Å². The van der Waals surface area contributed by atoms with Crippen molar-refractivity contribution in [3.05, 3.63) is 114 Å². The second kappa shape index (κ2) is 9.31.